The first kappa shape index (κ1) is 15.2. The molecule has 2 rings (SSSR count). The molecule has 0 heterocycles. The number of ether oxygens (including phenoxy) is 1. The minimum Gasteiger partial charge on any atom is -0.492 e. The van der Waals surface area contributed by atoms with Crippen molar-refractivity contribution in [2.24, 2.45) is 10.7 Å². The number of halogens is 1. The molecule has 3 N–H and O–H groups in total. The second-order valence-corrected chi connectivity index (χ2v) is 4.61. The summed E-state index contributed by atoms with van der Waals surface area (Å²) >= 11 is 5.65. The van der Waals surface area contributed by atoms with Gasteiger partial charge in [0, 0.05) is 6.54 Å². The molecule has 0 aliphatic rings. The van der Waals surface area contributed by atoms with E-state index in [1.165, 1.54) is 0 Å². The molecule has 0 saturated carbocycles. The molecule has 0 fully saturated rings. The van der Waals surface area contributed by atoms with Gasteiger partial charge in [0.2, 0.25) is 0 Å². The Morgan fingerprint density at radius 2 is 1.81 bits per heavy atom. The summed E-state index contributed by atoms with van der Waals surface area (Å²) in [5.41, 5.74) is 7.35. The lowest BCUT2D eigenvalue weighted by molar-refractivity contribution is 0.333. The fourth-order valence-corrected chi connectivity index (χ4v) is 1.84. The Morgan fingerprint density at radius 3 is 2.57 bits per heavy atom. The third kappa shape index (κ3) is 5.00. The van der Waals surface area contributed by atoms with Crippen molar-refractivity contribution in [3.05, 3.63) is 54.6 Å². The average Bonchev–Trinajstić information content (AvgIpc) is 2.54. The van der Waals surface area contributed by atoms with Gasteiger partial charge in [0.1, 0.15) is 18.2 Å². The molecule has 0 amide bonds. The summed E-state index contributed by atoms with van der Waals surface area (Å²) in [5, 5.41) is 3.28. The predicted molar refractivity (Wildman–Crippen MR) is 88.9 cm³/mol. The number of benzene rings is 2. The Balaban J connectivity index is 1.88. The number of nitrogens with zero attached hydrogens (tertiary/aromatic N) is 1. The second-order valence-electron chi connectivity index (χ2n) is 4.34. The van der Waals surface area contributed by atoms with Crippen LogP contribution in [0, 0.1) is 0 Å². The van der Waals surface area contributed by atoms with Gasteiger partial charge in [-0.25, -0.2) is 4.99 Å². The Bertz CT molecular complexity index is 587. The lowest BCUT2D eigenvalue weighted by Crippen LogP contribution is -2.13. The van der Waals surface area contributed by atoms with Gasteiger partial charge < -0.3 is 15.8 Å². The van der Waals surface area contributed by atoms with Crippen LogP contribution in [0.5, 0.6) is 5.75 Å². The van der Waals surface area contributed by atoms with Crippen molar-refractivity contribution in [1.82, 2.24) is 0 Å². The van der Waals surface area contributed by atoms with Crippen molar-refractivity contribution in [2.45, 2.75) is 0 Å². The van der Waals surface area contributed by atoms with Crippen LogP contribution < -0.4 is 15.8 Å². The number of rotatable bonds is 7. The zero-order valence-electron chi connectivity index (χ0n) is 11.6. The number of nitrogens with two attached hydrogens (primary N) is 1. The van der Waals surface area contributed by atoms with Gasteiger partial charge in [-0.1, -0.05) is 30.3 Å². The lowest BCUT2D eigenvalue weighted by atomic mass is 10.2. The molecule has 0 radical (unpaired) electrons. The zero-order valence-corrected chi connectivity index (χ0v) is 12.4. The third-order valence-corrected chi connectivity index (χ3v) is 3.01. The van der Waals surface area contributed by atoms with Crippen LogP contribution in [0.1, 0.15) is 0 Å². The summed E-state index contributed by atoms with van der Waals surface area (Å²) < 4.78 is 5.63. The molecule has 2 aromatic carbocycles. The van der Waals surface area contributed by atoms with Crippen LogP contribution in [0.2, 0.25) is 0 Å². The van der Waals surface area contributed by atoms with E-state index in [9.17, 15) is 0 Å². The molecule has 0 aliphatic carbocycles. The molecule has 0 unspecified atom stereocenters. The van der Waals surface area contributed by atoms with Gasteiger partial charge in [0.15, 0.2) is 0 Å². The van der Waals surface area contributed by atoms with Crippen LogP contribution >= 0.6 is 11.6 Å². The van der Waals surface area contributed by atoms with E-state index < -0.39 is 0 Å². The highest BCUT2D eigenvalue weighted by atomic mass is 35.5. The molecule has 0 atom stereocenters. The molecule has 0 bridgehead atoms. The summed E-state index contributed by atoms with van der Waals surface area (Å²) in [6.45, 7) is 1.23. The minimum atomic E-state index is 0.214. The molecule has 4 nitrogen and oxygen atoms in total. The topological polar surface area (TPSA) is 59.6 Å². The highest BCUT2D eigenvalue weighted by Crippen LogP contribution is 2.24. The number of alkyl halides is 1. The number of amidine groups is 1. The first-order valence-electron chi connectivity index (χ1n) is 6.69. The van der Waals surface area contributed by atoms with Crippen molar-refractivity contribution in [3.8, 4) is 5.75 Å². The Kier molecular flexibility index (Phi) is 5.91. The van der Waals surface area contributed by atoms with Crippen molar-refractivity contribution in [2.75, 3.05) is 24.3 Å². The molecule has 0 spiro atoms. The highest BCUT2D eigenvalue weighted by molar-refractivity contribution is 6.28. The molecule has 2 aromatic rings. The summed E-state index contributed by atoms with van der Waals surface area (Å²) in [6, 6.07) is 17.4. The normalized spacial score (nSPS) is 11.2. The van der Waals surface area contributed by atoms with Gasteiger partial charge >= 0.3 is 0 Å². The highest BCUT2D eigenvalue weighted by Gasteiger charge is 2.01. The van der Waals surface area contributed by atoms with Crippen LogP contribution in [-0.4, -0.2) is 24.9 Å². The van der Waals surface area contributed by atoms with Gasteiger partial charge in [-0.2, -0.15) is 0 Å². The first-order valence-corrected chi connectivity index (χ1v) is 7.23. The van der Waals surface area contributed by atoms with E-state index in [4.69, 9.17) is 22.1 Å². The third-order valence-electron chi connectivity index (χ3n) is 2.73. The van der Waals surface area contributed by atoms with Crippen LogP contribution in [-0.2, 0) is 0 Å². The van der Waals surface area contributed by atoms with Gasteiger partial charge in [-0.05, 0) is 24.3 Å². The summed E-state index contributed by atoms with van der Waals surface area (Å²) in [6.07, 6.45) is 0. The number of para-hydroxylation sites is 3. The van der Waals surface area contributed by atoms with E-state index in [2.05, 4.69) is 10.3 Å². The summed E-state index contributed by atoms with van der Waals surface area (Å²) in [7, 11) is 0. The van der Waals surface area contributed by atoms with E-state index in [1.807, 2.05) is 54.6 Å². The van der Waals surface area contributed by atoms with Gasteiger partial charge in [0.25, 0.3) is 0 Å². The zero-order chi connectivity index (χ0) is 14.9. The van der Waals surface area contributed by atoms with Crippen LogP contribution in [0.3, 0.4) is 0 Å². The number of anilines is 1. The fourth-order valence-electron chi connectivity index (χ4n) is 1.78. The van der Waals surface area contributed by atoms with Crippen molar-refractivity contribution in [1.29, 1.82) is 0 Å². The molecule has 5 heteroatoms. The molecule has 0 aliphatic heterocycles. The molecule has 0 aromatic heterocycles. The quantitative estimate of drug-likeness (QED) is 0.357. The van der Waals surface area contributed by atoms with Crippen LogP contribution in [0.15, 0.2) is 59.6 Å². The van der Waals surface area contributed by atoms with Crippen LogP contribution in [0.25, 0.3) is 0 Å². The van der Waals surface area contributed by atoms with Crippen molar-refractivity contribution >= 4 is 28.8 Å². The average molecular weight is 304 g/mol. The van der Waals surface area contributed by atoms with Gasteiger partial charge in [0.05, 0.1) is 17.3 Å². The maximum atomic E-state index is 5.67. The maximum absolute atomic E-state index is 5.67. The first-order chi connectivity index (χ1) is 10.3. The maximum Gasteiger partial charge on any atom is 0.119 e. The number of hydrogen-bond donors (Lipinski definition) is 2. The van der Waals surface area contributed by atoms with E-state index in [0.29, 0.717) is 19.0 Å². The Morgan fingerprint density at radius 1 is 1.10 bits per heavy atom. The van der Waals surface area contributed by atoms with E-state index in [0.717, 1.165) is 17.1 Å². The van der Waals surface area contributed by atoms with E-state index in [-0.39, 0.29) is 5.88 Å². The molecule has 0 saturated heterocycles. The Hall–Kier alpha value is -2.20. The smallest absolute Gasteiger partial charge is 0.119 e. The standard InChI is InChI=1S/C16H18ClN3O/c17-12-16(18)20-15-9-5-4-8-14(15)19-10-11-21-13-6-2-1-3-7-13/h1-9,19H,10-12H2,(H2,18,20). The molecule has 110 valence electrons. The molecular formula is C16H18ClN3O. The fraction of sp³-hybridized carbons (Fsp3) is 0.188. The van der Waals surface area contributed by atoms with Crippen molar-refractivity contribution in [3.63, 3.8) is 0 Å². The van der Waals surface area contributed by atoms with E-state index in [1.54, 1.807) is 0 Å². The Labute approximate surface area is 129 Å². The molecule has 21 heavy (non-hydrogen) atoms. The number of hydrogen-bond acceptors (Lipinski definition) is 3. The molecular weight excluding hydrogens is 286 g/mol. The SMILES string of the molecule is NC(CCl)=Nc1ccccc1NCCOc1ccccc1. The van der Waals surface area contributed by atoms with Gasteiger partial charge in [-0.15, -0.1) is 11.6 Å². The van der Waals surface area contributed by atoms with E-state index >= 15 is 0 Å². The van der Waals surface area contributed by atoms with Gasteiger partial charge in [-0.3, -0.25) is 0 Å². The minimum absolute atomic E-state index is 0.214. The summed E-state index contributed by atoms with van der Waals surface area (Å²) in [4.78, 5) is 4.27. The second kappa shape index (κ2) is 8.17. The predicted octanol–water partition coefficient (Wildman–Crippen LogP) is 3.41. The lowest BCUT2D eigenvalue weighted by Gasteiger charge is -2.10. The number of aliphatic imine (C=N–C) groups is 1. The largest absolute Gasteiger partial charge is 0.492 e. The van der Waals surface area contributed by atoms with Crippen molar-refractivity contribution < 1.29 is 4.74 Å². The summed E-state index contributed by atoms with van der Waals surface area (Å²) in [5.74, 6) is 1.47. The van der Waals surface area contributed by atoms with Crippen LogP contribution in [0.4, 0.5) is 11.4 Å². The number of nitrogens with one attached hydrogen (secondary N) is 1. The monoisotopic (exact) mass is 303 g/mol.